The Hall–Kier alpha value is -1.36. The third-order valence-electron chi connectivity index (χ3n) is 3.71. The van der Waals surface area contributed by atoms with Crippen LogP contribution in [0, 0.1) is 5.92 Å². The zero-order valence-corrected chi connectivity index (χ0v) is 11.7. The SMILES string of the molecule is COc1cccc(CNCC2CCCC2)c1OC(F)F. The molecule has 0 atom stereocenters. The number of benzene rings is 1. The van der Waals surface area contributed by atoms with E-state index in [1.54, 1.807) is 18.2 Å². The molecule has 112 valence electrons. The number of hydrogen-bond donors (Lipinski definition) is 1. The molecule has 5 heteroatoms. The van der Waals surface area contributed by atoms with Crippen LogP contribution in [0.3, 0.4) is 0 Å². The topological polar surface area (TPSA) is 30.5 Å². The molecule has 0 aliphatic heterocycles. The molecule has 0 aromatic heterocycles. The Labute approximate surface area is 118 Å². The zero-order valence-electron chi connectivity index (χ0n) is 11.7. The third kappa shape index (κ3) is 4.07. The number of hydrogen-bond acceptors (Lipinski definition) is 3. The molecule has 1 aliphatic carbocycles. The van der Waals surface area contributed by atoms with Crippen LogP contribution in [0.1, 0.15) is 31.2 Å². The smallest absolute Gasteiger partial charge is 0.387 e. The summed E-state index contributed by atoms with van der Waals surface area (Å²) in [7, 11) is 1.45. The summed E-state index contributed by atoms with van der Waals surface area (Å²) < 4.78 is 34.6. The normalized spacial score (nSPS) is 15.8. The molecule has 1 aromatic rings. The fourth-order valence-electron chi connectivity index (χ4n) is 2.71. The van der Waals surface area contributed by atoms with E-state index in [9.17, 15) is 8.78 Å². The summed E-state index contributed by atoms with van der Waals surface area (Å²) in [5.41, 5.74) is 0.697. The van der Waals surface area contributed by atoms with Crippen molar-refractivity contribution in [3.63, 3.8) is 0 Å². The minimum absolute atomic E-state index is 0.129. The number of halogens is 2. The van der Waals surface area contributed by atoms with E-state index in [0.29, 0.717) is 23.8 Å². The second-order valence-corrected chi connectivity index (χ2v) is 5.11. The maximum Gasteiger partial charge on any atom is 0.387 e. The molecule has 1 saturated carbocycles. The van der Waals surface area contributed by atoms with Crippen LogP contribution in [-0.4, -0.2) is 20.3 Å². The van der Waals surface area contributed by atoms with Crippen LogP contribution in [0.25, 0.3) is 0 Å². The molecule has 0 spiro atoms. The van der Waals surface area contributed by atoms with Crippen molar-refractivity contribution in [2.75, 3.05) is 13.7 Å². The van der Waals surface area contributed by atoms with Crippen molar-refractivity contribution in [2.24, 2.45) is 5.92 Å². The summed E-state index contributed by atoms with van der Waals surface area (Å²) in [5, 5.41) is 3.33. The Balaban J connectivity index is 1.97. The Kier molecular flexibility index (Phi) is 5.59. The summed E-state index contributed by atoms with van der Waals surface area (Å²) in [6.07, 6.45) is 5.10. The lowest BCUT2D eigenvalue weighted by Gasteiger charge is -2.16. The summed E-state index contributed by atoms with van der Waals surface area (Å²) in [6.45, 7) is -1.42. The van der Waals surface area contributed by atoms with Gasteiger partial charge in [-0.15, -0.1) is 0 Å². The van der Waals surface area contributed by atoms with Gasteiger partial charge >= 0.3 is 6.61 Å². The average Bonchev–Trinajstić information content (AvgIpc) is 2.93. The molecule has 1 aromatic carbocycles. The average molecular weight is 285 g/mol. The van der Waals surface area contributed by atoms with E-state index in [1.165, 1.54) is 32.8 Å². The molecular weight excluding hydrogens is 264 g/mol. The number of methoxy groups -OCH3 is 1. The summed E-state index contributed by atoms with van der Waals surface area (Å²) in [5.74, 6) is 1.18. The molecule has 0 heterocycles. The van der Waals surface area contributed by atoms with Gasteiger partial charge < -0.3 is 14.8 Å². The summed E-state index contributed by atoms with van der Waals surface area (Å²) >= 11 is 0. The van der Waals surface area contributed by atoms with Crippen LogP contribution in [0.15, 0.2) is 18.2 Å². The van der Waals surface area contributed by atoms with Gasteiger partial charge in [-0.3, -0.25) is 0 Å². The highest BCUT2D eigenvalue weighted by Gasteiger charge is 2.17. The minimum atomic E-state index is -2.85. The molecule has 0 radical (unpaired) electrons. The van der Waals surface area contributed by atoms with Gasteiger partial charge in [0.2, 0.25) is 0 Å². The highest BCUT2D eigenvalue weighted by Crippen LogP contribution is 2.32. The van der Waals surface area contributed by atoms with Gasteiger partial charge in [-0.2, -0.15) is 8.78 Å². The second-order valence-electron chi connectivity index (χ2n) is 5.11. The van der Waals surface area contributed by atoms with Crippen LogP contribution in [0.5, 0.6) is 11.5 Å². The van der Waals surface area contributed by atoms with Gasteiger partial charge in [0.25, 0.3) is 0 Å². The number of ether oxygens (including phenoxy) is 2. The van der Waals surface area contributed by atoms with Gasteiger partial charge in [0.1, 0.15) is 0 Å². The lowest BCUT2D eigenvalue weighted by atomic mass is 10.1. The van der Waals surface area contributed by atoms with Crippen LogP contribution >= 0.6 is 0 Å². The number of alkyl halides is 2. The van der Waals surface area contributed by atoms with Crippen molar-refractivity contribution in [2.45, 2.75) is 38.8 Å². The molecule has 0 amide bonds. The van der Waals surface area contributed by atoms with E-state index in [0.717, 1.165) is 6.54 Å². The fourth-order valence-corrected chi connectivity index (χ4v) is 2.71. The molecule has 1 aliphatic rings. The van der Waals surface area contributed by atoms with Crippen LogP contribution < -0.4 is 14.8 Å². The van der Waals surface area contributed by atoms with Crippen molar-refractivity contribution in [3.8, 4) is 11.5 Å². The standard InChI is InChI=1S/C15H21F2NO2/c1-19-13-8-4-7-12(14(13)20-15(16)17)10-18-9-11-5-2-3-6-11/h4,7-8,11,15,18H,2-3,5-6,9-10H2,1H3. The zero-order chi connectivity index (χ0) is 14.4. The lowest BCUT2D eigenvalue weighted by Crippen LogP contribution is -2.21. The highest BCUT2D eigenvalue weighted by atomic mass is 19.3. The Bertz CT molecular complexity index is 420. The molecule has 0 bridgehead atoms. The first kappa shape index (κ1) is 15.0. The van der Waals surface area contributed by atoms with Crippen molar-refractivity contribution < 1.29 is 18.3 Å². The van der Waals surface area contributed by atoms with E-state index in [2.05, 4.69) is 10.1 Å². The van der Waals surface area contributed by atoms with E-state index >= 15 is 0 Å². The largest absolute Gasteiger partial charge is 0.493 e. The van der Waals surface area contributed by atoms with Gasteiger partial charge in [0.05, 0.1) is 7.11 Å². The Morgan fingerprint density at radius 3 is 2.70 bits per heavy atom. The molecule has 20 heavy (non-hydrogen) atoms. The lowest BCUT2D eigenvalue weighted by molar-refractivity contribution is -0.0518. The number of rotatable bonds is 7. The highest BCUT2D eigenvalue weighted by molar-refractivity contribution is 5.46. The predicted molar refractivity (Wildman–Crippen MR) is 73.3 cm³/mol. The molecule has 1 fully saturated rings. The monoisotopic (exact) mass is 285 g/mol. The number of para-hydroxylation sites is 1. The maximum absolute atomic E-state index is 12.5. The van der Waals surface area contributed by atoms with Crippen molar-refractivity contribution in [3.05, 3.63) is 23.8 Å². The second kappa shape index (κ2) is 7.43. The first-order chi connectivity index (χ1) is 9.70. The van der Waals surface area contributed by atoms with E-state index in [1.807, 2.05) is 0 Å². The van der Waals surface area contributed by atoms with Crippen molar-refractivity contribution >= 4 is 0 Å². The maximum atomic E-state index is 12.5. The summed E-state index contributed by atoms with van der Waals surface area (Å²) in [6, 6.07) is 5.18. The van der Waals surface area contributed by atoms with Crippen molar-refractivity contribution in [1.29, 1.82) is 0 Å². The Morgan fingerprint density at radius 2 is 2.05 bits per heavy atom. The Morgan fingerprint density at radius 1 is 1.30 bits per heavy atom. The van der Waals surface area contributed by atoms with E-state index in [4.69, 9.17) is 4.74 Å². The van der Waals surface area contributed by atoms with Gasteiger partial charge in [-0.25, -0.2) is 0 Å². The fraction of sp³-hybridized carbons (Fsp3) is 0.600. The molecule has 0 unspecified atom stereocenters. The third-order valence-corrected chi connectivity index (χ3v) is 3.71. The molecule has 3 nitrogen and oxygen atoms in total. The van der Waals surface area contributed by atoms with Crippen LogP contribution in [0.4, 0.5) is 8.78 Å². The number of nitrogens with one attached hydrogen (secondary N) is 1. The van der Waals surface area contributed by atoms with Gasteiger partial charge in [0.15, 0.2) is 11.5 Å². The van der Waals surface area contributed by atoms with Crippen LogP contribution in [0.2, 0.25) is 0 Å². The summed E-state index contributed by atoms with van der Waals surface area (Å²) in [4.78, 5) is 0. The molecular formula is C15H21F2NO2. The van der Waals surface area contributed by atoms with E-state index < -0.39 is 6.61 Å². The van der Waals surface area contributed by atoms with E-state index in [-0.39, 0.29) is 5.75 Å². The van der Waals surface area contributed by atoms with Crippen LogP contribution in [-0.2, 0) is 6.54 Å². The van der Waals surface area contributed by atoms with Gasteiger partial charge in [0, 0.05) is 12.1 Å². The van der Waals surface area contributed by atoms with Crippen molar-refractivity contribution in [1.82, 2.24) is 5.32 Å². The predicted octanol–water partition coefficient (Wildman–Crippen LogP) is 3.58. The first-order valence-corrected chi connectivity index (χ1v) is 7.02. The minimum Gasteiger partial charge on any atom is -0.493 e. The molecule has 0 saturated heterocycles. The first-order valence-electron chi connectivity index (χ1n) is 7.02. The quantitative estimate of drug-likeness (QED) is 0.830. The van der Waals surface area contributed by atoms with Gasteiger partial charge in [-0.1, -0.05) is 25.0 Å². The molecule has 2 rings (SSSR count). The molecule has 1 N–H and O–H groups in total. The van der Waals surface area contributed by atoms with Gasteiger partial charge in [-0.05, 0) is 31.4 Å².